The minimum atomic E-state index is 0.131. The van der Waals surface area contributed by atoms with Crippen LogP contribution in [-0.4, -0.2) is 30.7 Å². The van der Waals surface area contributed by atoms with Gasteiger partial charge >= 0.3 is 0 Å². The number of methoxy groups -OCH3 is 1. The number of rotatable bonds is 3. The largest absolute Gasteiger partial charge is 0.504 e. The first-order valence-electron chi connectivity index (χ1n) is 9.31. The fourth-order valence-corrected chi connectivity index (χ4v) is 5.14. The molecule has 0 spiro atoms. The molecule has 25 heavy (non-hydrogen) atoms. The molecule has 1 unspecified atom stereocenters. The van der Waals surface area contributed by atoms with E-state index >= 15 is 0 Å². The lowest BCUT2D eigenvalue weighted by Crippen LogP contribution is -2.44. The summed E-state index contributed by atoms with van der Waals surface area (Å²) < 4.78 is 5.34. The summed E-state index contributed by atoms with van der Waals surface area (Å²) in [6.45, 7) is 1.04. The molecule has 1 atom stereocenters. The maximum absolute atomic E-state index is 10.4. The minimum absolute atomic E-state index is 0.131. The van der Waals surface area contributed by atoms with Crippen LogP contribution in [0.5, 0.6) is 11.5 Å². The lowest BCUT2D eigenvalue weighted by molar-refractivity contribution is 0.135. The third-order valence-electron chi connectivity index (χ3n) is 6.28. The van der Waals surface area contributed by atoms with Gasteiger partial charge < -0.3 is 9.84 Å². The van der Waals surface area contributed by atoms with E-state index in [9.17, 15) is 5.11 Å². The fraction of sp³-hybridized carbons (Fsp3) is 0.455. The highest BCUT2D eigenvalue weighted by Crippen LogP contribution is 2.54. The van der Waals surface area contributed by atoms with Gasteiger partial charge in [-0.1, -0.05) is 43.2 Å². The Kier molecular flexibility index (Phi) is 4.20. The van der Waals surface area contributed by atoms with Gasteiger partial charge in [0.25, 0.3) is 0 Å². The van der Waals surface area contributed by atoms with Gasteiger partial charge in [-0.2, -0.15) is 0 Å². The van der Waals surface area contributed by atoms with Gasteiger partial charge in [0.2, 0.25) is 0 Å². The molecule has 1 saturated carbocycles. The summed E-state index contributed by atoms with van der Waals surface area (Å²) in [6.07, 6.45) is 5.97. The maximum atomic E-state index is 10.4. The zero-order valence-corrected chi connectivity index (χ0v) is 15.2. The molecule has 0 aromatic heterocycles. The Hall–Kier alpha value is -2.00. The summed E-state index contributed by atoms with van der Waals surface area (Å²) in [6, 6.07) is 15.3. The second-order valence-electron chi connectivity index (χ2n) is 7.59. The van der Waals surface area contributed by atoms with Crippen molar-refractivity contribution in [3.63, 3.8) is 0 Å². The summed E-state index contributed by atoms with van der Waals surface area (Å²) in [4.78, 5) is 2.49. The normalized spacial score (nSPS) is 22.6. The van der Waals surface area contributed by atoms with Crippen molar-refractivity contribution in [1.29, 1.82) is 0 Å². The molecule has 1 heterocycles. The SMILES string of the molecule is COc1cc2c(cc1O)C(C1(c3ccccc3)CCCC1)N(C)CC2. The van der Waals surface area contributed by atoms with Crippen LogP contribution in [0.2, 0.25) is 0 Å². The predicted octanol–water partition coefficient (Wildman–Crippen LogP) is 4.44. The molecule has 1 N–H and O–H groups in total. The van der Waals surface area contributed by atoms with Gasteiger partial charge in [-0.3, -0.25) is 4.90 Å². The fourth-order valence-electron chi connectivity index (χ4n) is 5.14. The van der Waals surface area contributed by atoms with Crippen LogP contribution in [0.1, 0.15) is 48.4 Å². The molecule has 3 heteroatoms. The molecule has 2 aromatic rings. The third-order valence-corrected chi connectivity index (χ3v) is 6.28. The Morgan fingerprint density at radius 3 is 2.52 bits per heavy atom. The van der Waals surface area contributed by atoms with E-state index in [1.165, 1.54) is 42.4 Å². The Morgan fingerprint density at radius 1 is 1.12 bits per heavy atom. The summed E-state index contributed by atoms with van der Waals surface area (Å²) in [7, 11) is 3.86. The smallest absolute Gasteiger partial charge is 0.160 e. The second kappa shape index (κ2) is 6.38. The number of benzene rings is 2. The van der Waals surface area contributed by atoms with Gasteiger partial charge in [0.15, 0.2) is 11.5 Å². The van der Waals surface area contributed by atoms with Crippen molar-refractivity contribution in [3.8, 4) is 11.5 Å². The number of ether oxygens (including phenoxy) is 1. The maximum Gasteiger partial charge on any atom is 0.160 e. The Balaban J connectivity index is 1.88. The molecule has 2 aromatic carbocycles. The van der Waals surface area contributed by atoms with Crippen LogP contribution in [0.3, 0.4) is 0 Å². The molecule has 3 nitrogen and oxygen atoms in total. The molecule has 0 bridgehead atoms. The van der Waals surface area contributed by atoms with Gasteiger partial charge in [0.1, 0.15) is 0 Å². The summed E-state index contributed by atoms with van der Waals surface area (Å²) >= 11 is 0. The van der Waals surface area contributed by atoms with Gasteiger partial charge in [0, 0.05) is 18.0 Å². The molecular weight excluding hydrogens is 310 g/mol. The summed E-state index contributed by atoms with van der Waals surface area (Å²) in [5.41, 5.74) is 4.16. The van der Waals surface area contributed by atoms with E-state index in [-0.39, 0.29) is 11.2 Å². The zero-order valence-electron chi connectivity index (χ0n) is 15.2. The van der Waals surface area contributed by atoms with Crippen LogP contribution in [0.15, 0.2) is 42.5 Å². The first-order valence-corrected chi connectivity index (χ1v) is 9.31. The molecule has 1 fully saturated rings. The van der Waals surface area contributed by atoms with Crippen molar-refractivity contribution in [2.75, 3.05) is 20.7 Å². The van der Waals surface area contributed by atoms with E-state index in [2.05, 4.69) is 42.3 Å². The lowest BCUT2D eigenvalue weighted by Gasteiger charge is -2.47. The Morgan fingerprint density at radius 2 is 1.84 bits per heavy atom. The highest BCUT2D eigenvalue weighted by atomic mass is 16.5. The zero-order chi connectivity index (χ0) is 17.4. The number of fused-ring (bicyclic) bond motifs is 1. The van der Waals surface area contributed by atoms with Crippen molar-refractivity contribution >= 4 is 0 Å². The Labute approximate surface area is 150 Å². The van der Waals surface area contributed by atoms with Crippen LogP contribution < -0.4 is 4.74 Å². The number of hydrogen-bond acceptors (Lipinski definition) is 3. The van der Waals surface area contributed by atoms with E-state index in [0.29, 0.717) is 11.8 Å². The molecule has 4 rings (SSSR count). The number of nitrogens with zero attached hydrogens (tertiary/aromatic N) is 1. The van der Waals surface area contributed by atoms with E-state index in [0.717, 1.165) is 13.0 Å². The number of phenolic OH excluding ortho intramolecular Hbond substituents is 1. The first-order chi connectivity index (χ1) is 12.2. The van der Waals surface area contributed by atoms with E-state index in [4.69, 9.17) is 4.74 Å². The molecular formula is C22H27NO2. The van der Waals surface area contributed by atoms with E-state index in [1.807, 2.05) is 12.1 Å². The average molecular weight is 337 g/mol. The number of likely N-dealkylation sites (N-methyl/N-ethyl adjacent to an activating group) is 1. The molecule has 0 radical (unpaired) electrons. The minimum Gasteiger partial charge on any atom is -0.504 e. The van der Waals surface area contributed by atoms with Crippen LogP contribution in [0, 0.1) is 0 Å². The molecule has 132 valence electrons. The van der Waals surface area contributed by atoms with E-state index in [1.54, 1.807) is 7.11 Å². The van der Waals surface area contributed by atoms with E-state index < -0.39 is 0 Å². The van der Waals surface area contributed by atoms with Gasteiger partial charge in [-0.05, 0) is 55.1 Å². The summed E-state index contributed by atoms with van der Waals surface area (Å²) in [5.74, 6) is 0.838. The van der Waals surface area contributed by atoms with Gasteiger partial charge in [-0.25, -0.2) is 0 Å². The molecule has 1 aliphatic carbocycles. The van der Waals surface area contributed by atoms with Crippen molar-refractivity contribution in [2.24, 2.45) is 0 Å². The van der Waals surface area contributed by atoms with Gasteiger partial charge in [0.05, 0.1) is 7.11 Å². The monoisotopic (exact) mass is 337 g/mol. The standard InChI is InChI=1S/C22H27NO2/c1-23-13-10-16-14-20(25-2)19(24)15-18(16)21(23)22(11-6-7-12-22)17-8-4-3-5-9-17/h3-5,8-9,14-15,21,24H,6-7,10-13H2,1-2H3. The van der Waals surface area contributed by atoms with Crippen molar-refractivity contribution in [1.82, 2.24) is 4.90 Å². The first kappa shape index (κ1) is 16.5. The molecule has 1 aliphatic heterocycles. The second-order valence-corrected chi connectivity index (χ2v) is 7.59. The topological polar surface area (TPSA) is 32.7 Å². The van der Waals surface area contributed by atoms with Crippen molar-refractivity contribution < 1.29 is 9.84 Å². The molecule has 0 amide bonds. The van der Waals surface area contributed by atoms with Crippen molar-refractivity contribution in [2.45, 2.75) is 43.6 Å². The highest BCUT2D eigenvalue weighted by molar-refractivity contribution is 5.50. The third kappa shape index (κ3) is 2.62. The predicted molar refractivity (Wildman–Crippen MR) is 100 cm³/mol. The average Bonchev–Trinajstić information content (AvgIpc) is 3.12. The molecule has 2 aliphatic rings. The number of hydrogen-bond donors (Lipinski definition) is 1. The van der Waals surface area contributed by atoms with Crippen LogP contribution >= 0.6 is 0 Å². The molecule has 0 saturated heterocycles. The van der Waals surface area contributed by atoms with Crippen molar-refractivity contribution in [3.05, 3.63) is 59.2 Å². The van der Waals surface area contributed by atoms with Gasteiger partial charge in [-0.15, -0.1) is 0 Å². The van der Waals surface area contributed by atoms with Crippen LogP contribution in [-0.2, 0) is 11.8 Å². The highest BCUT2D eigenvalue weighted by Gasteiger charge is 2.47. The van der Waals surface area contributed by atoms with Crippen LogP contribution in [0.4, 0.5) is 0 Å². The summed E-state index contributed by atoms with van der Waals surface area (Å²) in [5, 5.41) is 10.4. The number of aromatic hydroxyl groups is 1. The quantitative estimate of drug-likeness (QED) is 0.898. The number of phenols is 1. The Bertz CT molecular complexity index is 750. The lowest BCUT2D eigenvalue weighted by atomic mass is 9.68. The van der Waals surface area contributed by atoms with Crippen LogP contribution in [0.25, 0.3) is 0 Å².